The largest absolute Gasteiger partial charge is 0.325 e. The molecule has 0 atom stereocenters. The molecule has 1 heterocycles. The summed E-state index contributed by atoms with van der Waals surface area (Å²) in [5.74, 6) is -0.0250. The van der Waals surface area contributed by atoms with Crippen LogP contribution in [0.4, 0.5) is 5.69 Å². The first-order valence-corrected chi connectivity index (χ1v) is 10.1. The Morgan fingerprint density at radius 3 is 2.44 bits per heavy atom. The molecule has 140 valence electrons. The Labute approximate surface area is 165 Å². The van der Waals surface area contributed by atoms with E-state index in [9.17, 15) is 4.79 Å². The van der Waals surface area contributed by atoms with Crippen molar-refractivity contribution in [3.63, 3.8) is 0 Å². The summed E-state index contributed by atoms with van der Waals surface area (Å²) < 4.78 is 0. The first kappa shape index (κ1) is 19.4. The third-order valence-corrected chi connectivity index (χ3v) is 5.30. The molecule has 1 N–H and O–H groups in total. The van der Waals surface area contributed by atoms with Crippen molar-refractivity contribution in [2.75, 3.05) is 32.2 Å². The second-order valence-corrected chi connectivity index (χ2v) is 7.85. The number of fused-ring (bicyclic) bond motifs is 1. The highest BCUT2D eigenvalue weighted by atomic mass is 32.2. The van der Waals surface area contributed by atoms with Gasteiger partial charge < -0.3 is 10.2 Å². The number of benzene rings is 2. The molecule has 0 aliphatic heterocycles. The predicted octanol–water partition coefficient (Wildman–Crippen LogP) is 4.74. The molecule has 2 aromatic carbocycles. The van der Waals surface area contributed by atoms with E-state index in [-0.39, 0.29) is 5.91 Å². The van der Waals surface area contributed by atoms with Gasteiger partial charge >= 0.3 is 0 Å². The van der Waals surface area contributed by atoms with E-state index < -0.39 is 0 Å². The highest BCUT2D eigenvalue weighted by Gasteiger charge is 2.12. The van der Waals surface area contributed by atoms with Crippen molar-refractivity contribution in [3.05, 3.63) is 53.6 Å². The molecule has 0 aliphatic carbocycles. The molecule has 0 radical (unpaired) electrons. The zero-order valence-corrected chi connectivity index (χ0v) is 17.3. The monoisotopic (exact) mass is 379 g/mol. The van der Waals surface area contributed by atoms with E-state index in [0.29, 0.717) is 6.54 Å². The summed E-state index contributed by atoms with van der Waals surface area (Å²) in [5.41, 5.74) is 5.97. The average molecular weight is 380 g/mol. The Bertz CT molecular complexity index is 981. The van der Waals surface area contributed by atoms with Crippen molar-refractivity contribution in [3.8, 4) is 11.3 Å². The number of hydrogen-bond donors (Lipinski definition) is 1. The van der Waals surface area contributed by atoms with Gasteiger partial charge in [0.05, 0.1) is 17.8 Å². The van der Waals surface area contributed by atoms with Gasteiger partial charge in [-0.2, -0.15) is 0 Å². The lowest BCUT2D eigenvalue weighted by Gasteiger charge is -2.15. The second kappa shape index (κ2) is 8.11. The molecule has 1 amide bonds. The number of thioether (sulfide) groups is 1. The van der Waals surface area contributed by atoms with Crippen LogP contribution < -0.4 is 5.32 Å². The molecule has 0 spiro atoms. The summed E-state index contributed by atoms with van der Waals surface area (Å²) >= 11 is 1.73. The number of pyridine rings is 1. The highest BCUT2D eigenvalue weighted by Crippen LogP contribution is 2.30. The van der Waals surface area contributed by atoms with E-state index in [2.05, 4.69) is 48.8 Å². The van der Waals surface area contributed by atoms with Gasteiger partial charge in [0.2, 0.25) is 5.91 Å². The van der Waals surface area contributed by atoms with E-state index in [4.69, 9.17) is 4.98 Å². The standard InChI is InChI=1S/C22H25N3OS/c1-14-12-20(16-6-8-17(27-5)9-7-16)24-22-15(2)19(11-10-18(14)22)23-21(26)13-25(3)4/h6-12H,13H2,1-5H3,(H,23,26). The van der Waals surface area contributed by atoms with Crippen LogP contribution in [0.1, 0.15) is 11.1 Å². The molecular weight excluding hydrogens is 354 g/mol. The molecule has 0 saturated heterocycles. The number of amides is 1. The summed E-state index contributed by atoms with van der Waals surface area (Å²) in [7, 11) is 3.76. The van der Waals surface area contributed by atoms with E-state index in [1.807, 2.05) is 38.1 Å². The SMILES string of the molecule is CSc1ccc(-c2cc(C)c3ccc(NC(=O)CN(C)C)c(C)c3n2)cc1. The third kappa shape index (κ3) is 4.31. The van der Waals surface area contributed by atoms with Gasteiger partial charge in [-0.1, -0.05) is 18.2 Å². The molecule has 3 aromatic rings. The fraction of sp³-hybridized carbons (Fsp3) is 0.273. The fourth-order valence-electron chi connectivity index (χ4n) is 3.12. The van der Waals surface area contributed by atoms with Crippen LogP contribution in [0.25, 0.3) is 22.2 Å². The van der Waals surface area contributed by atoms with Crippen molar-refractivity contribution in [2.24, 2.45) is 0 Å². The Hall–Kier alpha value is -2.37. The molecule has 1 aromatic heterocycles. The minimum Gasteiger partial charge on any atom is -0.325 e. The van der Waals surface area contributed by atoms with E-state index in [0.717, 1.165) is 33.4 Å². The zero-order valence-electron chi connectivity index (χ0n) is 16.5. The minimum atomic E-state index is -0.0250. The number of anilines is 1. The Morgan fingerprint density at radius 2 is 1.81 bits per heavy atom. The van der Waals surface area contributed by atoms with Crippen molar-refractivity contribution < 1.29 is 4.79 Å². The van der Waals surface area contributed by atoms with Gasteiger partial charge in [-0.15, -0.1) is 11.8 Å². The molecule has 0 saturated carbocycles. The number of carbonyl (C=O) groups is 1. The van der Waals surface area contributed by atoms with Crippen molar-refractivity contribution in [2.45, 2.75) is 18.7 Å². The zero-order chi connectivity index (χ0) is 19.6. The van der Waals surface area contributed by atoms with Crippen LogP contribution in [0.5, 0.6) is 0 Å². The lowest BCUT2D eigenvalue weighted by Crippen LogP contribution is -2.27. The first-order valence-electron chi connectivity index (χ1n) is 8.89. The molecule has 0 unspecified atom stereocenters. The lowest BCUT2D eigenvalue weighted by atomic mass is 10.0. The topological polar surface area (TPSA) is 45.2 Å². The highest BCUT2D eigenvalue weighted by molar-refractivity contribution is 7.98. The third-order valence-electron chi connectivity index (χ3n) is 4.56. The number of nitrogens with zero attached hydrogens (tertiary/aromatic N) is 2. The van der Waals surface area contributed by atoms with E-state index >= 15 is 0 Å². The molecule has 5 heteroatoms. The van der Waals surface area contributed by atoms with E-state index in [1.54, 1.807) is 11.8 Å². The van der Waals surface area contributed by atoms with Crippen LogP contribution in [-0.2, 0) is 4.79 Å². The van der Waals surface area contributed by atoms with E-state index in [1.165, 1.54) is 10.5 Å². The number of likely N-dealkylation sites (N-methyl/N-ethyl adjacent to an activating group) is 1. The molecule has 3 rings (SSSR count). The maximum Gasteiger partial charge on any atom is 0.238 e. The predicted molar refractivity (Wildman–Crippen MR) is 116 cm³/mol. The van der Waals surface area contributed by atoms with Crippen LogP contribution >= 0.6 is 11.8 Å². The van der Waals surface area contributed by atoms with Crippen LogP contribution in [0, 0.1) is 13.8 Å². The Kier molecular flexibility index (Phi) is 5.82. The number of aromatic nitrogens is 1. The van der Waals surface area contributed by atoms with Crippen LogP contribution in [0.2, 0.25) is 0 Å². The minimum absolute atomic E-state index is 0.0250. The summed E-state index contributed by atoms with van der Waals surface area (Å²) in [4.78, 5) is 20.2. The summed E-state index contributed by atoms with van der Waals surface area (Å²) in [6.07, 6.45) is 2.07. The summed E-state index contributed by atoms with van der Waals surface area (Å²) in [6.45, 7) is 4.47. The van der Waals surface area contributed by atoms with Crippen molar-refractivity contribution in [1.82, 2.24) is 9.88 Å². The van der Waals surface area contributed by atoms with Crippen molar-refractivity contribution >= 4 is 34.3 Å². The molecule has 4 nitrogen and oxygen atoms in total. The smallest absolute Gasteiger partial charge is 0.238 e. The molecule has 0 bridgehead atoms. The maximum absolute atomic E-state index is 12.2. The Morgan fingerprint density at radius 1 is 1.11 bits per heavy atom. The van der Waals surface area contributed by atoms with Crippen molar-refractivity contribution in [1.29, 1.82) is 0 Å². The molecule has 0 fully saturated rings. The van der Waals surface area contributed by atoms with Gasteiger partial charge in [-0.25, -0.2) is 4.98 Å². The van der Waals surface area contributed by atoms with Crippen LogP contribution in [0.3, 0.4) is 0 Å². The van der Waals surface area contributed by atoms with Gasteiger partial charge in [0.25, 0.3) is 0 Å². The number of nitrogens with one attached hydrogen (secondary N) is 1. The van der Waals surface area contributed by atoms with Gasteiger partial charge in [-0.05, 0) is 69.6 Å². The number of carbonyl (C=O) groups excluding carboxylic acids is 1. The molecular formula is C22H25N3OS. The van der Waals surface area contributed by atoms with Gasteiger partial charge in [0.1, 0.15) is 0 Å². The Balaban J connectivity index is 2.03. The van der Waals surface area contributed by atoms with Gasteiger partial charge in [0, 0.05) is 21.5 Å². The summed E-state index contributed by atoms with van der Waals surface area (Å²) in [6, 6.07) is 14.6. The molecule has 27 heavy (non-hydrogen) atoms. The summed E-state index contributed by atoms with van der Waals surface area (Å²) in [5, 5.41) is 4.12. The fourth-order valence-corrected chi connectivity index (χ4v) is 3.53. The lowest BCUT2D eigenvalue weighted by molar-refractivity contribution is -0.116. The van der Waals surface area contributed by atoms with Gasteiger partial charge in [0.15, 0.2) is 0 Å². The average Bonchev–Trinajstić information content (AvgIpc) is 2.63. The first-order chi connectivity index (χ1) is 12.9. The van der Waals surface area contributed by atoms with Crippen LogP contribution in [-0.4, -0.2) is 42.7 Å². The van der Waals surface area contributed by atoms with Crippen LogP contribution in [0.15, 0.2) is 47.4 Å². The quantitative estimate of drug-likeness (QED) is 0.650. The number of aryl methyl sites for hydroxylation is 2. The number of hydrogen-bond acceptors (Lipinski definition) is 4. The second-order valence-electron chi connectivity index (χ2n) is 6.97. The molecule has 0 aliphatic rings. The normalized spacial score (nSPS) is 11.2. The maximum atomic E-state index is 12.2. The number of rotatable bonds is 5. The van der Waals surface area contributed by atoms with Gasteiger partial charge in [-0.3, -0.25) is 4.79 Å².